The number of nitrogens with one attached hydrogen (secondary N) is 1. The van der Waals surface area contributed by atoms with Crippen LogP contribution in [-0.2, 0) is 11.2 Å². The van der Waals surface area contributed by atoms with Gasteiger partial charge in [0, 0.05) is 12.6 Å². The van der Waals surface area contributed by atoms with Gasteiger partial charge in [-0.15, -0.1) is 0 Å². The molecule has 0 aromatic heterocycles. The van der Waals surface area contributed by atoms with Gasteiger partial charge in [0.15, 0.2) is 0 Å². The van der Waals surface area contributed by atoms with Crippen LogP contribution in [0.5, 0.6) is 0 Å². The summed E-state index contributed by atoms with van der Waals surface area (Å²) in [5.74, 6) is 5.56. The third kappa shape index (κ3) is 3.20. The molecule has 1 aromatic carbocycles. The van der Waals surface area contributed by atoms with Gasteiger partial charge in [-0.3, -0.25) is 11.3 Å². The minimum Gasteiger partial charge on any atom is -0.381 e. The van der Waals surface area contributed by atoms with Crippen molar-refractivity contribution >= 4 is 11.6 Å². The standard InChI is InChI=1S/C13H18ClFN2O/c14-13-9(3-1-5-11(13)15)7-12(17-16)10-4-2-6-18-8-10/h1,3,5,10,12,17H,2,4,6-8,16H2. The van der Waals surface area contributed by atoms with Gasteiger partial charge < -0.3 is 4.74 Å². The monoisotopic (exact) mass is 272 g/mol. The van der Waals surface area contributed by atoms with Crippen molar-refractivity contribution in [2.45, 2.75) is 25.3 Å². The summed E-state index contributed by atoms with van der Waals surface area (Å²) in [6, 6.07) is 4.92. The summed E-state index contributed by atoms with van der Waals surface area (Å²) in [5.41, 5.74) is 3.59. The second-order valence-electron chi connectivity index (χ2n) is 4.67. The lowest BCUT2D eigenvalue weighted by molar-refractivity contribution is 0.0393. The van der Waals surface area contributed by atoms with Gasteiger partial charge in [0.1, 0.15) is 5.82 Å². The number of rotatable bonds is 4. The van der Waals surface area contributed by atoms with E-state index in [1.165, 1.54) is 6.07 Å². The molecule has 1 fully saturated rings. The number of halogens is 2. The van der Waals surface area contributed by atoms with Crippen molar-refractivity contribution in [2.24, 2.45) is 11.8 Å². The molecular formula is C13H18ClFN2O. The van der Waals surface area contributed by atoms with Crippen LogP contribution in [-0.4, -0.2) is 19.3 Å². The zero-order valence-corrected chi connectivity index (χ0v) is 10.9. The lowest BCUT2D eigenvalue weighted by Crippen LogP contribution is -2.45. The SMILES string of the molecule is NNC(Cc1cccc(F)c1Cl)C1CCCOC1. The van der Waals surface area contributed by atoms with E-state index < -0.39 is 0 Å². The van der Waals surface area contributed by atoms with Crippen LogP contribution in [0.3, 0.4) is 0 Å². The summed E-state index contributed by atoms with van der Waals surface area (Å²) in [7, 11) is 0. The fourth-order valence-corrected chi connectivity index (χ4v) is 2.59. The lowest BCUT2D eigenvalue weighted by atomic mass is 9.89. The molecule has 0 radical (unpaired) electrons. The maximum Gasteiger partial charge on any atom is 0.142 e. The first-order chi connectivity index (χ1) is 8.72. The average molecular weight is 273 g/mol. The van der Waals surface area contributed by atoms with Crippen LogP contribution >= 0.6 is 11.6 Å². The Morgan fingerprint density at radius 1 is 1.56 bits per heavy atom. The number of nitrogens with two attached hydrogens (primary N) is 1. The smallest absolute Gasteiger partial charge is 0.142 e. The van der Waals surface area contributed by atoms with Gasteiger partial charge in [-0.2, -0.15) is 0 Å². The first kappa shape index (κ1) is 13.7. The van der Waals surface area contributed by atoms with Crippen LogP contribution in [0.15, 0.2) is 18.2 Å². The second kappa shape index (κ2) is 6.48. The topological polar surface area (TPSA) is 47.3 Å². The van der Waals surface area contributed by atoms with Crippen molar-refractivity contribution in [3.63, 3.8) is 0 Å². The highest BCUT2D eigenvalue weighted by atomic mass is 35.5. The Labute approximate surface area is 111 Å². The first-order valence-electron chi connectivity index (χ1n) is 6.19. The highest BCUT2D eigenvalue weighted by Crippen LogP contribution is 2.25. The highest BCUT2D eigenvalue weighted by Gasteiger charge is 2.24. The first-order valence-corrected chi connectivity index (χ1v) is 6.57. The Morgan fingerprint density at radius 2 is 2.39 bits per heavy atom. The van der Waals surface area contributed by atoms with Crippen LogP contribution in [0, 0.1) is 11.7 Å². The summed E-state index contributed by atoms with van der Waals surface area (Å²) in [6.07, 6.45) is 2.72. The van der Waals surface area contributed by atoms with E-state index in [0.29, 0.717) is 18.9 Å². The molecule has 100 valence electrons. The summed E-state index contributed by atoms with van der Waals surface area (Å²) >= 11 is 5.96. The Bertz CT molecular complexity index is 397. The van der Waals surface area contributed by atoms with Gasteiger partial charge >= 0.3 is 0 Å². The average Bonchev–Trinajstić information content (AvgIpc) is 2.41. The molecule has 0 bridgehead atoms. The molecule has 5 heteroatoms. The molecule has 1 aromatic rings. The van der Waals surface area contributed by atoms with Crippen LogP contribution < -0.4 is 11.3 Å². The van der Waals surface area contributed by atoms with Crippen LogP contribution in [0.2, 0.25) is 5.02 Å². The van der Waals surface area contributed by atoms with Gasteiger partial charge in [-0.1, -0.05) is 23.7 Å². The minimum absolute atomic E-state index is 0.0598. The Hall–Kier alpha value is -0.680. The number of benzene rings is 1. The molecule has 0 amide bonds. The second-order valence-corrected chi connectivity index (χ2v) is 5.05. The summed E-state index contributed by atoms with van der Waals surface area (Å²) in [5, 5.41) is 0.189. The zero-order valence-electron chi connectivity index (χ0n) is 10.2. The third-order valence-corrected chi connectivity index (χ3v) is 3.87. The Morgan fingerprint density at radius 3 is 3.06 bits per heavy atom. The largest absolute Gasteiger partial charge is 0.381 e. The van der Waals surface area contributed by atoms with E-state index >= 15 is 0 Å². The number of hydrogen-bond donors (Lipinski definition) is 2. The van der Waals surface area contributed by atoms with Crippen molar-refractivity contribution in [1.29, 1.82) is 0 Å². The van der Waals surface area contributed by atoms with Crippen molar-refractivity contribution in [3.05, 3.63) is 34.6 Å². The highest BCUT2D eigenvalue weighted by molar-refractivity contribution is 6.31. The summed E-state index contributed by atoms with van der Waals surface area (Å²) in [4.78, 5) is 0. The normalized spacial score (nSPS) is 21.8. The predicted octanol–water partition coefficient (Wildman–Crippen LogP) is 2.28. The molecule has 2 rings (SSSR count). The quantitative estimate of drug-likeness (QED) is 0.653. The maximum absolute atomic E-state index is 13.4. The fourth-order valence-electron chi connectivity index (χ4n) is 2.39. The molecule has 18 heavy (non-hydrogen) atoms. The van der Waals surface area contributed by atoms with Gasteiger partial charge in [0.05, 0.1) is 11.6 Å². The molecular weight excluding hydrogens is 255 g/mol. The molecule has 2 unspecified atom stereocenters. The lowest BCUT2D eigenvalue weighted by Gasteiger charge is -2.30. The molecule has 1 saturated heterocycles. The van der Waals surface area contributed by atoms with E-state index in [-0.39, 0.29) is 16.9 Å². The van der Waals surface area contributed by atoms with Crippen molar-refractivity contribution in [3.8, 4) is 0 Å². The van der Waals surface area contributed by atoms with E-state index in [4.69, 9.17) is 22.2 Å². The van der Waals surface area contributed by atoms with Gasteiger partial charge in [0.25, 0.3) is 0 Å². The molecule has 0 aliphatic carbocycles. The van der Waals surface area contributed by atoms with Crippen molar-refractivity contribution in [1.82, 2.24) is 5.43 Å². The van der Waals surface area contributed by atoms with E-state index in [1.54, 1.807) is 6.07 Å². The molecule has 3 nitrogen and oxygen atoms in total. The Kier molecular flexibility index (Phi) is 4.95. The number of hydrogen-bond acceptors (Lipinski definition) is 3. The molecule has 0 saturated carbocycles. The molecule has 1 heterocycles. The van der Waals surface area contributed by atoms with Gasteiger partial charge in [0.2, 0.25) is 0 Å². The molecule has 1 aliphatic heterocycles. The summed E-state index contributed by atoms with van der Waals surface area (Å²) in [6.45, 7) is 1.51. The van der Waals surface area contributed by atoms with E-state index in [9.17, 15) is 4.39 Å². The summed E-state index contributed by atoms with van der Waals surface area (Å²) < 4.78 is 18.8. The van der Waals surface area contributed by atoms with Crippen LogP contribution in [0.4, 0.5) is 4.39 Å². The van der Waals surface area contributed by atoms with Crippen molar-refractivity contribution in [2.75, 3.05) is 13.2 Å². The molecule has 2 atom stereocenters. The van der Waals surface area contributed by atoms with Crippen molar-refractivity contribution < 1.29 is 9.13 Å². The zero-order chi connectivity index (χ0) is 13.0. The van der Waals surface area contributed by atoms with E-state index in [2.05, 4.69) is 5.43 Å². The van der Waals surface area contributed by atoms with Crippen LogP contribution in [0.1, 0.15) is 18.4 Å². The number of hydrazine groups is 1. The van der Waals surface area contributed by atoms with E-state index in [0.717, 1.165) is 25.0 Å². The van der Waals surface area contributed by atoms with Gasteiger partial charge in [-0.05, 0) is 36.8 Å². The number of ether oxygens (including phenoxy) is 1. The van der Waals surface area contributed by atoms with Gasteiger partial charge in [-0.25, -0.2) is 4.39 Å². The fraction of sp³-hybridized carbons (Fsp3) is 0.538. The third-order valence-electron chi connectivity index (χ3n) is 3.45. The predicted molar refractivity (Wildman–Crippen MR) is 69.8 cm³/mol. The van der Waals surface area contributed by atoms with E-state index in [1.807, 2.05) is 6.07 Å². The van der Waals surface area contributed by atoms with Crippen LogP contribution in [0.25, 0.3) is 0 Å². The minimum atomic E-state index is -0.384. The Balaban J connectivity index is 2.07. The molecule has 1 aliphatic rings. The molecule has 3 N–H and O–H groups in total. The molecule has 0 spiro atoms. The maximum atomic E-state index is 13.4.